The van der Waals surface area contributed by atoms with Crippen molar-refractivity contribution in [2.75, 3.05) is 0 Å². The average Bonchev–Trinajstić information content (AvgIpc) is 2.70. The highest BCUT2D eigenvalue weighted by atomic mass is 16.5. The lowest BCUT2D eigenvalue weighted by molar-refractivity contribution is -0.435. The van der Waals surface area contributed by atoms with Gasteiger partial charge in [-0.3, -0.25) is 0 Å². The van der Waals surface area contributed by atoms with E-state index in [-0.39, 0.29) is 11.0 Å². The van der Waals surface area contributed by atoms with Gasteiger partial charge in [-0.15, -0.1) is 10.2 Å². The lowest BCUT2D eigenvalue weighted by atomic mass is 10.2. The smallest absolute Gasteiger partial charge is 0.207 e. The first-order chi connectivity index (χ1) is 6.79. The van der Waals surface area contributed by atoms with Gasteiger partial charge >= 0.3 is 0 Å². The fraction of sp³-hybridized carbons (Fsp3) is 0. The molecule has 0 radical (unpaired) electrons. The molecule has 0 fully saturated rings. The second-order valence-electron chi connectivity index (χ2n) is 2.54. The van der Waals surface area contributed by atoms with E-state index in [1.165, 1.54) is 6.07 Å². The maximum atomic E-state index is 10.7. The third-order valence-corrected chi connectivity index (χ3v) is 1.71. The van der Waals surface area contributed by atoms with Crippen molar-refractivity contribution in [3.05, 3.63) is 34.7 Å². The maximum absolute atomic E-state index is 10.7. The fourth-order valence-electron chi connectivity index (χ4n) is 1.11. The summed E-state index contributed by atoms with van der Waals surface area (Å²) >= 11 is 0. The van der Waals surface area contributed by atoms with Gasteiger partial charge < -0.3 is 10.2 Å². The fourth-order valence-corrected chi connectivity index (χ4v) is 1.11. The largest absolute Gasteiger partial charge is 0.884 e. The summed E-state index contributed by atoms with van der Waals surface area (Å²) in [5.74, 6) is -1.09. The minimum Gasteiger partial charge on any atom is -0.884 e. The van der Waals surface area contributed by atoms with Gasteiger partial charge in [0.25, 0.3) is 0 Å². The van der Waals surface area contributed by atoms with E-state index in [0.717, 1.165) is 0 Å². The van der Waals surface area contributed by atoms with Gasteiger partial charge in [-0.25, -0.2) is 0 Å². The highest BCUT2D eigenvalue weighted by Gasteiger charge is 1.99. The first kappa shape index (κ1) is 8.36. The Morgan fingerprint density at radius 2 is 1.64 bits per heavy atom. The zero-order valence-corrected chi connectivity index (χ0v) is 6.91. The molecule has 0 aromatic heterocycles. The normalized spacial score (nSPS) is 13.6. The molecule has 1 heterocycles. The van der Waals surface area contributed by atoms with E-state index in [4.69, 9.17) is 0 Å². The summed E-state index contributed by atoms with van der Waals surface area (Å²) in [7, 11) is 0. The molecule has 0 N–H and O–H groups in total. The lowest BCUT2D eigenvalue weighted by Gasteiger charge is -2.16. The molecule has 70 valence electrons. The van der Waals surface area contributed by atoms with E-state index in [1.807, 2.05) is 0 Å². The third kappa shape index (κ3) is 1.33. The third-order valence-electron chi connectivity index (χ3n) is 1.71. The number of hydrogen-bond acceptors (Lipinski definition) is 6. The Hall–Kier alpha value is -2.24. The Morgan fingerprint density at radius 3 is 2.29 bits per heavy atom. The second kappa shape index (κ2) is 3.25. The molecule has 6 nitrogen and oxygen atoms in total. The van der Waals surface area contributed by atoms with Gasteiger partial charge in [-0.05, 0) is 15.7 Å². The Morgan fingerprint density at radius 1 is 1.00 bits per heavy atom. The van der Waals surface area contributed by atoms with Crippen LogP contribution in [-0.2, 0) is 0 Å². The minimum atomic E-state index is -1.27. The van der Waals surface area contributed by atoms with Crippen LogP contribution in [0, 0.1) is 0 Å². The highest BCUT2D eigenvalue weighted by Crippen LogP contribution is 2.06. The summed E-state index contributed by atoms with van der Waals surface area (Å²) in [6, 6.07) is 6.27. The van der Waals surface area contributed by atoms with Crippen molar-refractivity contribution in [2.24, 2.45) is 20.7 Å². The molecular formula is C8H4N4O2-2. The Labute approximate surface area is 78.2 Å². The van der Waals surface area contributed by atoms with Crippen molar-refractivity contribution >= 4 is 11.8 Å². The van der Waals surface area contributed by atoms with Crippen LogP contribution in [-0.4, -0.2) is 0 Å². The van der Waals surface area contributed by atoms with E-state index in [0.29, 0.717) is 5.22 Å². The van der Waals surface area contributed by atoms with E-state index in [2.05, 4.69) is 20.7 Å². The first-order valence-corrected chi connectivity index (χ1v) is 3.78. The van der Waals surface area contributed by atoms with Gasteiger partial charge in [0.1, 0.15) is 0 Å². The molecule has 0 bridgehead atoms. The molecule has 0 saturated carbocycles. The van der Waals surface area contributed by atoms with Crippen molar-refractivity contribution in [3.63, 3.8) is 0 Å². The Balaban J connectivity index is 2.90. The maximum Gasteiger partial charge on any atom is 0.207 e. The molecule has 1 aromatic rings. The first-order valence-electron chi connectivity index (χ1n) is 3.78. The molecule has 0 saturated heterocycles. The number of hydrogen-bond donors (Lipinski definition) is 0. The van der Waals surface area contributed by atoms with Crippen molar-refractivity contribution in [2.45, 2.75) is 0 Å². The van der Waals surface area contributed by atoms with Crippen LogP contribution >= 0.6 is 0 Å². The van der Waals surface area contributed by atoms with Gasteiger partial charge in [0.2, 0.25) is 5.82 Å². The molecule has 2 rings (SSSR count). The van der Waals surface area contributed by atoms with Gasteiger partial charge in [-0.1, -0.05) is 24.3 Å². The van der Waals surface area contributed by atoms with E-state index < -0.39 is 5.95 Å². The van der Waals surface area contributed by atoms with E-state index >= 15 is 0 Å². The SMILES string of the molecule is [O-]C([O-])=c1ccccc1=C1N=NN=N1. The van der Waals surface area contributed by atoms with E-state index in [9.17, 15) is 10.2 Å². The summed E-state index contributed by atoms with van der Waals surface area (Å²) in [5, 5.41) is 35.5. The molecule has 1 aliphatic rings. The minimum absolute atomic E-state index is 0.0299. The zero-order valence-electron chi connectivity index (χ0n) is 6.91. The van der Waals surface area contributed by atoms with Gasteiger partial charge in [0, 0.05) is 5.22 Å². The highest BCUT2D eigenvalue weighted by molar-refractivity contribution is 5.43. The average molecular weight is 188 g/mol. The van der Waals surface area contributed by atoms with Crippen LogP contribution in [0.25, 0.3) is 11.8 Å². The van der Waals surface area contributed by atoms with Crippen molar-refractivity contribution < 1.29 is 10.2 Å². The summed E-state index contributed by atoms with van der Waals surface area (Å²) < 4.78 is 0. The van der Waals surface area contributed by atoms with Gasteiger partial charge in [-0.2, -0.15) is 5.95 Å². The molecule has 0 atom stereocenters. The molecule has 1 aromatic carbocycles. The lowest BCUT2D eigenvalue weighted by Crippen LogP contribution is -2.36. The quantitative estimate of drug-likeness (QED) is 0.488. The molecule has 0 amide bonds. The Kier molecular flexibility index (Phi) is 1.94. The summed E-state index contributed by atoms with van der Waals surface area (Å²) in [5.41, 5.74) is 0. The molecule has 0 unspecified atom stereocenters. The molecule has 1 aliphatic heterocycles. The number of benzene rings is 1. The Bertz CT molecular complexity index is 515. The predicted octanol–water partition coefficient (Wildman–Crippen LogP) is -1.63. The van der Waals surface area contributed by atoms with Crippen molar-refractivity contribution in [3.8, 4) is 0 Å². The van der Waals surface area contributed by atoms with Crippen LogP contribution < -0.4 is 20.7 Å². The predicted molar refractivity (Wildman–Crippen MR) is 42.2 cm³/mol. The molecule has 0 spiro atoms. The van der Waals surface area contributed by atoms with Gasteiger partial charge in [0.15, 0.2) is 0 Å². The van der Waals surface area contributed by atoms with Crippen LogP contribution in [0.2, 0.25) is 0 Å². The summed E-state index contributed by atoms with van der Waals surface area (Å²) in [6.45, 7) is 0. The number of nitrogens with zero attached hydrogens (tertiary/aromatic N) is 4. The molecule has 6 heteroatoms. The van der Waals surface area contributed by atoms with Gasteiger partial charge in [0.05, 0.1) is 0 Å². The van der Waals surface area contributed by atoms with Crippen LogP contribution in [0.15, 0.2) is 44.9 Å². The molecule has 14 heavy (non-hydrogen) atoms. The van der Waals surface area contributed by atoms with Crippen LogP contribution in [0.4, 0.5) is 0 Å². The topological polar surface area (TPSA) is 95.6 Å². The molecular weight excluding hydrogens is 184 g/mol. The second-order valence-corrected chi connectivity index (χ2v) is 2.54. The summed E-state index contributed by atoms with van der Waals surface area (Å²) in [4.78, 5) is 0. The van der Waals surface area contributed by atoms with Crippen LogP contribution in [0.3, 0.4) is 0 Å². The van der Waals surface area contributed by atoms with Crippen molar-refractivity contribution in [1.29, 1.82) is 0 Å². The summed E-state index contributed by atoms with van der Waals surface area (Å²) in [6.07, 6.45) is 0. The molecule has 0 aliphatic carbocycles. The van der Waals surface area contributed by atoms with E-state index in [1.54, 1.807) is 18.2 Å². The van der Waals surface area contributed by atoms with Crippen molar-refractivity contribution in [1.82, 2.24) is 0 Å². The standard InChI is InChI=1S/C8H6N4O2/c13-8(14)6-4-2-1-3-5(6)7-9-11-12-10-7/h1-4,13-14H/p-2. The van der Waals surface area contributed by atoms with Crippen LogP contribution in [0.5, 0.6) is 0 Å². The van der Waals surface area contributed by atoms with Crippen LogP contribution in [0.1, 0.15) is 0 Å². The number of rotatable bonds is 0. The zero-order chi connectivity index (χ0) is 9.97. The monoisotopic (exact) mass is 188 g/mol.